The van der Waals surface area contributed by atoms with Crippen LogP contribution in [0.15, 0.2) is 71.6 Å². The predicted molar refractivity (Wildman–Crippen MR) is 122 cm³/mol. The molecule has 0 fully saturated rings. The van der Waals surface area contributed by atoms with E-state index in [0.717, 1.165) is 11.6 Å². The Labute approximate surface area is 187 Å². The van der Waals surface area contributed by atoms with Crippen molar-refractivity contribution in [3.63, 3.8) is 0 Å². The number of carbonyl (C=O) groups excluding carboxylic acids is 1. The minimum atomic E-state index is -4.08. The van der Waals surface area contributed by atoms with Crippen molar-refractivity contribution in [1.82, 2.24) is 4.90 Å². The second-order valence-electron chi connectivity index (χ2n) is 7.45. The standard InChI is InChI=1S/C24H25FN2O4S/c1-17-8-11-19(12-9-17)31-15-14-27(3)24(28)21-16-20(13-10-18(21)2)32(29,30)26-23-7-5-4-6-22(23)25/h4-13,16,26H,14-15H2,1-3H3. The lowest BCUT2D eigenvalue weighted by atomic mass is 10.1. The zero-order valence-electron chi connectivity index (χ0n) is 18.1. The molecule has 168 valence electrons. The van der Waals surface area contributed by atoms with Crippen LogP contribution in [0, 0.1) is 19.7 Å². The van der Waals surface area contributed by atoms with Crippen LogP contribution in [-0.4, -0.2) is 39.4 Å². The highest BCUT2D eigenvalue weighted by Gasteiger charge is 2.21. The van der Waals surface area contributed by atoms with E-state index in [1.54, 1.807) is 20.0 Å². The Morgan fingerprint density at radius 1 is 1.03 bits per heavy atom. The normalized spacial score (nSPS) is 11.1. The van der Waals surface area contributed by atoms with Crippen molar-refractivity contribution < 1.29 is 22.3 Å². The van der Waals surface area contributed by atoms with Crippen molar-refractivity contribution in [3.8, 4) is 5.75 Å². The summed E-state index contributed by atoms with van der Waals surface area (Å²) in [4.78, 5) is 14.3. The first-order valence-corrected chi connectivity index (χ1v) is 11.5. The first-order chi connectivity index (χ1) is 15.2. The number of rotatable bonds is 8. The van der Waals surface area contributed by atoms with Crippen LogP contribution < -0.4 is 9.46 Å². The van der Waals surface area contributed by atoms with Crippen LogP contribution in [0.5, 0.6) is 5.75 Å². The number of nitrogens with zero attached hydrogens (tertiary/aromatic N) is 1. The number of anilines is 1. The zero-order valence-corrected chi connectivity index (χ0v) is 18.9. The van der Waals surface area contributed by atoms with Gasteiger partial charge in [-0.15, -0.1) is 0 Å². The summed E-state index contributed by atoms with van der Waals surface area (Å²) in [5.41, 5.74) is 1.84. The molecule has 32 heavy (non-hydrogen) atoms. The van der Waals surface area contributed by atoms with Gasteiger partial charge in [0.2, 0.25) is 0 Å². The molecule has 8 heteroatoms. The van der Waals surface area contributed by atoms with Crippen molar-refractivity contribution in [2.75, 3.05) is 24.9 Å². The number of halogens is 1. The average Bonchev–Trinajstić information content (AvgIpc) is 2.76. The summed E-state index contributed by atoms with van der Waals surface area (Å²) in [5, 5.41) is 0. The molecule has 6 nitrogen and oxygen atoms in total. The number of likely N-dealkylation sites (N-methyl/N-ethyl adjacent to an activating group) is 1. The summed E-state index contributed by atoms with van der Waals surface area (Å²) in [7, 11) is -2.45. The van der Waals surface area contributed by atoms with Crippen molar-refractivity contribution in [2.24, 2.45) is 0 Å². The number of aryl methyl sites for hydroxylation is 2. The summed E-state index contributed by atoms with van der Waals surface area (Å²) in [5.74, 6) is -0.314. The van der Waals surface area contributed by atoms with Crippen molar-refractivity contribution in [1.29, 1.82) is 0 Å². The van der Waals surface area contributed by atoms with Gasteiger partial charge in [0.25, 0.3) is 15.9 Å². The second kappa shape index (κ2) is 9.82. The molecule has 0 saturated carbocycles. The largest absolute Gasteiger partial charge is 0.492 e. The highest BCUT2D eigenvalue weighted by atomic mass is 32.2. The maximum absolute atomic E-state index is 13.9. The fourth-order valence-electron chi connectivity index (χ4n) is 2.99. The van der Waals surface area contributed by atoms with Gasteiger partial charge in [0.05, 0.1) is 17.1 Å². The number of amides is 1. The van der Waals surface area contributed by atoms with E-state index < -0.39 is 15.8 Å². The smallest absolute Gasteiger partial charge is 0.262 e. The van der Waals surface area contributed by atoms with E-state index in [2.05, 4.69) is 4.72 Å². The molecule has 0 aliphatic heterocycles. The van der Waals surface area contributed by atoms with Crippen LogP contribution in [0.25, 0.3) is 0 Å². The Morgan fingerprint density at radius 3 is 2.41 bits per heavy atom. The lowest BCUT2D eigenvalue weighted by Gasteiger charge is -2.19. The van der Waals surface area contributed by atoms with Gasteiger partial charge in [-0.2, -0.15) is 0 Å². The lowest BCUT2D eigenvalue weighted by molar-refractivity contribution is 0.0773. The molecule has 1 amide bonds. The molecule has 3 aromatic rings. The van der Waals surface area contributed by atoms with Gasteiger partial charge in [0.15, 0.2) is 0 Å². The minimum Gasteiger partial charge on any atom is -0.492 e. The van der Waals surface area contributed by atoms with E-state index in [-0.39, 0.29) is 28.7 Å². The predicted octanol–water partition coefficient (Wildman–Crippen LogP) is 4.39. The molecule has 0 spiro atoms. The number of nitrogens with one attached hydrogen (secondary N) is 1. The van der Waals surface area contributed by atoms with Gasteiger partial charge in [-0.05, 0) is 55.8 Å². The van der Waals surface area contributed by atoms with E-state index in [4.69, 9.17) is 4.74 Å². The van der Waals surface area contributed by atoms with Gasteiger partial charge in [-0.1, -0.05) is 35.9 Å². The quantitative estimate of drug-likeness (QED) is 0.545. The summed E-state index contributed by atoms with van der Waals surface area (Å²) in [6.07, 6.45) is 0. The average molecular weight is 457 g/mol. The summed E-state index contributed by atoms with van der Waals surface area (Å²) < 4.78 is 47.2. The number of hydrogen-bond donors (Lipinski definition) is 1. The first kappa shape index (κ1) is 23.3. The molecule has 0 unspecified atom stereocenters. The van der Waals surface area contributed by atoms with Crippen LogP contribution in [0.3, 0.4) is 0 Å². The topological polar surface area (TPSA) is 75.7 Å². The van der Waals surface area contributed by atoms with E-state index in [9.17, 15) is 17.6 Å². The van der Waals surface area contributed by atoms with Gasteiger partial charge in [-0.25, -0.2) is 12.8 Å². The molecule has 0 aromatic heterocycles. The summed E-state index contributed by atoms with van der Waals surface area (Å²) in [6.45, 7) is 4.32. The maximum atomic E-state index is 13.9. The summed E-state index contributed by atoms with van der Waals surface area (Å²) in [6, 6.07) is 17.3. The third kappa shape index (κ3) is 5.64. The third-order valence-corrected chi connectivity index (χ3v) is 6.29. The number of sulfonamides is 1. The van der Waals surface area contributed by atoms with Gasteiger partial charge >= 0.3 is 0 Å². The molecule has 3 rings (SSSR count). The fourth-order valence-corrected chi connectivity index (χ4v) is 4.08. The van der Waals surface area contributed by atoms with E-state index in [1.165, 1.54) is 35.2 Å². The Kier molecular flexibility index (Phi) is 7.15. The maximum Gasteiger partial charge on any atom is 0.262 e. The molecular weight excluding hydrogens is 431 g/mol. The van der Waals surface area contributed by atoms with Gasteiger partial charge in [0, 0.05) is 12.6 Å². The van der Waals surface area contributed by atoms with Gasteiger partial charge in [0.1, 0.15) is 18.2 Å². The molecule has 3 aromatic carbocycles. The van der Waals surface area contributed by atoms with E-state index in [0.29, 0.717) is 17.9 Å². The van der Waals surface area contributed by atoms with E-state index >= 15 is 0 Å². The molecule has 0 saturated heterocycles. The molecule has 0 heterocycles. The van der Waals surface area contributed by atoms with Crippen LogP contribution in [-0.2, 0) is 10.0 Å². The first-order valence-electron chi connectivity index (χ1n) is 10.0. The highest BCUT2D eigenvalue weighted by molar-refractivity contribution is 7.92. The molecule has 0 bridgehead atoms. The van der Waals surface area contributed by atoms with Crippen LogP contribution >= 0.6 is 0 Å². The molecule has 0 aliphatic carbocycles. The van der Waals surface area contributed by atoms with Crippen LogP contribution in [0.1, 0.15) is 21.5 Å². The molecule has 0 atom stereocenters. The van der Waals surface area contributed by atoms with Crippen molar-refractivity contribution >= 4 is 21.6 Å². The number of para-hydroxylation sites is 1. The lowest BCUT2D eigenvalue weighted by Crippen LogP contribution is -2.31. The van der Waals surface area contributed by atoms with Gasteiger partial charge < -0.3 is 9.64 Å². The van der Waals surface area contributed by atoms with Crippen LogP contribution in [0.4, 0.5) is 10.1 Å². The van der Waals surface area contributed by atoms with Crippen LogP contribution in [0.2, 0.25) is 0 Å². The Bertz CT molecular complexity index is 1210. The van der Waals surface area contributed by atoms with E-state index in [1.807, 2.05) is 31.2 Å². The number of hydrogen-bond acceptors (Lipinski definition) is 4. The second-order valence-corrected chi connectivity index (χ2v) is 9.13. The summed E-state index contributed by atoms with van der Waals surface area (Å²) >= 11 is 0. The zero-order chi connectivity index (χ0) is 23.3. The van der Waals surface area contributed by atoms with Crippen molar-refractivity contribution in [3.05, 3.63) is 89.2 Å². The molecular formula is C24H25FN2O4S. The molecule has 0 aliphatic rings. The molecule has 0 radical (unpaired) electrons. The Hall–Kier alpha value is -3.39. The SMILES string of the molecule is Cc1ccc(OCCN(C)C(=O)c2cc(S(=O)(=O)Nc3ccccc3F)ccc2C)cc1. The number of carbonyl (C=O) groups is 1. The number of benzene rings is 3. The van der Waals surface area contributed by atoms with Crippen molar-refractivity contribution in [2.45, 2.75) is 18.7 Å². The highest BCUT2D eigenvalue weighted by Crippen LogP contribution is 2.22. The fraction of sp³-hybridized carbons (Fsp3) is 0.208. The Balaban J connectivity index is 1.71. The third-order valence-electron chi connectivity index (χ3n) is 4.93. The monoisotopic (exact) mass is 456 g/mol. The Morgan fingerprint density at radius 2 is 1.72 bits per heavy atom. The number of ether oxygens (including phenoxy) is 1. The minimum absolute atomic E-state index is 0.126. The molecule has 1 N–H and O–H groups in total. The van der Waals surface area contributed by atoms with Gasteiger partial charge in [-0.3, -0.25) is 9.52 Å².